The number of rotatable bonds is 2. The minimum absolute atomic E-state index is 0.619. The van der Waals surface area contributed by atoms with Crippen LogP contribution in [0, 0.1) is 19.8 Å². The lowest BCUT2D eigenvalue weighted by Crippen LogP contribution is -2.31. The van der Waals surface area contributed by atoms with Crippen molar-refractivity contribution in [2.24, 2.45) is 13.0 Å². The van der Waals surface area contributed by atoms with Gasteiger partial charge in [-0.05, 0) is 71.2 Å². The second-order valence-corrected chi connectivity index (χ2v) is 8.58. The van der Waals surface area contributed by atoms with Gasteiger partial charge in [-0.3, -0.25) is 0 Å². The van der Waals surface area contributed by atoms with Crippen molar-refractivity contribution in [1.29, 1.82) is 0 Å². The molecule has 0 aliphatic carbocycles. The van der Waals surface area contributed by atoms with Crippen LogP contribution in [-0.4, -0.2) is 0 Å². The van der Waals surface area contributed by atoms with E-state index in [-0.39, 0.29) is 0 Å². The summed E-state index contributed by atoms with van der Waals surface area (Å²) < 4.78 is 8.78. The maximum absolute atomic E-state index is 6.54. The summed E-state index contributed by atoms with van der Waals surface area (Å²) >= 11 is 0. The molecule has 0 bridgehead atoms. The number of aryl methyl sites for hydroxylation is 3. The van der Waals surface area contributed by atoms with E-state index in [4.69, 9.17) is 4.74 Å². The first kappa shape index (κ1) is 17.2. The van der Waals surface area contributed by atoms with Gasteiger partial charge in [-0.25, -0.2) is 4.57 Å². The second kappa shape index (κ2) is 6.07. The number of fused-ring (bicyclic) bond motifs is 3. The lowest BCUT2D eigenvalue weighted by Gasteiger charge is -2.23. The van der Waals surface area contributed by atoms with Gasteiger partial charge in [-0.15, -0.1) is 0 Å². The maximum atomic E-state index is 6.54. The van der Waals surface area contributed by atoms with Crippen LogP contribution in [0.25, 0.3) is 32.8 Å². The molecule has 0 saturated carbocycles. The Morgan fingerprint density at radius 1 is 0.929 bits per heavy atom. The highest BCUT2D eigenvalue weighted by molar-refractivity contribution is 6.05. The van der Waals surface area contributed by atoms with E-state index < -0.39 is 0 Å². The molecule has 2 heteroatoms. The smallest absolute Gasteiger partial charge is 0.228 e. The molecular formula is C26H26NO+. The van der Waals surface area contributed by atoms with Crippen LogP contribution >= 0.6 is 0 Å². The van der Waals surface area contributed by atoms with Gasteiger partial charge in [0.05, 0.1) is 10.9 Å². The van der Waals surface area contributed by atoms with Crippen molar-refractivity contribution in [3.05, 3.63) is 65.4 Å². The third kappa shape index (κ3) is 2.44. The van der Waals surface area contributed by atoms with Crippen LogP contribution in [0.4, 0.5) is 0 Å². The fraction of sp³-hybridized carbons (Fsp3) is 0.269. The molecule has 0 radical (unpaired) electrons. The summed E-state index contributed by atoms with van der Waals surface area (Å²) in [6, 6.07) is 15.5. The van der Waals surface area contributed by atoms with E-state index in [1.807, 2.05) is 0 Å². The molecule has 2 heterocycles. The van der Waals surface area contributed by atoms with Crippen LogP contribution in [0.1, 0.15) is 30.5 Å². The third-order valence-electron chi connectivity index (χ3n) is 5.95. The molecule has 2 nitrogen and oxygen atoms in total. The first-order chi connectivity index (χ1) is 13.4. The molecule has 140 valence electrons. The predicted molar refractivity (Wildman–Crippen MR) is 116 cm³/mol. The zero-order valence-corrected chi connectivity index (χ0v) is 17.3. The summed E-state index contributed by atoms with van der Waals surface area (Å²) in [5, 5.41) is 5.06. The Labute approximate surface area is 166 Å². The monoisotopic (exact) mass is 368 g/mol. The molecule has 0 N–H and O–H groups in total. The van der Waals surface area contributed by atoms with Crippen LogP contribution in [0.5, 0.6) is 11.5 Å². The van der Waals surface area contributed by atoms with Gasteiger partial charge < -0.3 is 4.74 Å². The van der Waals surface area contributed by atoms with Crippen molar-refractivity contribution in [3.63, 3.8) is 0 Å². The molecule has 1 aliphatic rings. The SMILES string of the molecule is Cc1cccc2cc3c(c(C)c12)-c1c2c(cc(CC(C)C)cc2cc[n+]1C)O3. The highest BCUT2D eigenvalue weighted by Gasteiger charge is 2.30. The minimum Gasteiger partial charge on any atom is -0.456 e. The molecule has 1 aliphatic heterocycles. The van der Waals surface area contributed by atoms with Crippen LogP contribution in [0.3, 0.4) is 0 Å². The number of ether oxygens (including phenoxy) is 1. The lowest BCUT2D eigenvalue weighted by atomic mass is 9.89. The highest BCUT2D eigenvalue weighted by atomic mass is 16.5. The topological polar surface area (TPSA) is 13.1 Å². The first-order valence-corrected chi connectivity index (χ1v) is 10.1. The van der Waals surface area contributed by atoms with Gasteiger partial charge in [0.25, 0.3) is 0 Å². The van der Waals surface area contributed by atoms with Gasteiger partial charge in [0.15, 0.2) is 6.20 Å². The Morgan fingerprint density at radius 3 is 2.50 bits per heavy atom. The summed E-state index contributed by atoms with van der Waals surface area (Å²) in [7, 11) is 2.14. The van der Waals surface area contributed by atoms with Crippen LogP contribution in [0.2, 0.25) is 0 Å². The molecule has 0 atom stereocenters. The lowest BCUT2D eigenvalue weighted by molar-refractivity contribution is -0.659. The summed E-state index contributed by atoms with van der Waals surface area (Å²) in [6.07, 6.45) is 3.24. The van der Waals surface area contributed by atoms with Gasteiger partial charge in [0.2, 0.25) is 5.69 Å². The number of hydrogen-bond acceptors (Lipinski definition) is 1. The van der Waals surface area contributed by atoms with Crippen molar-refractivity contribution in [2.45, 2.75) is 34.1 Å². The van der Waals surface area contributed by atoms with E-state index in [0.717, 1.165) is 17.9 Å². The number of pyridine rings is 1. The number of aromatic nitrogens is 1. The first-order valence-electron chi connectivity index (χ1n) is 10.1. The average molecular weight is 369 g/mol. The van der Waals surface area contributed by atoms with Gasteiger partial charge in [0.1, 0.15) is 18.5 Å². The van der Waals surface area contributed by atoms with Crippen LogP contribution in [0.15, 0.2) is 48.7 Å². The summed E-state index contributed by atoms with van der Waals surface area (Å²) in [4.78, 5) is 0. The van der Waals surface area contributed by atoms with Crippen molar-refractivity contribution >= 4 is 21.5 Å². The Hall–Kier alpha value is -2.87. The summed E-state index contributed by atoms with van der Waals surface area (Å²) in [5.74, 6) is 2.57. The molecule has 0 fully saturated rings. The minimum atomic E-state index is 0.619. The summed E-state index contributed by atoms with van der Waals surface area (Å²) in [5.41, 5.74) is 6.43. The Kier molecular flexibility index (Phi) is 3.74. The molecule has 4 aromatic rings. The van der Waals surface area contributed by atoms with E-state index in [9.17, 15) is 0 Å². The highest BCUT2D eigenvalue weighted by Crippen LogP contribution is 2.48. The number of benzene rings is 3. The number of hydrogen-bond donors (Lipinski definition) is 0. The van der Waals surface area contributed by atoms with Gasteiger partial charge in [-0.2, -0.15) is 0 Å². The fourth-order valence-electron chi connectivity index (χ4n) is 4.83. The Morgan fingerprint density at radius 2 is 1.71 bits per heavy atom. The van der Waals surface area contributed by atoms with E-state index in [2.05, 4.69) is 88.0 Å². The van der Waals surface area contributed by atoms with E-state index in [1.54, 1.807) is 0 Å². The van der Waals surface area contributed by atoms with Gasteiger partial charge >= 0.3 is 0 Å². The standard InChI is InChI=1S/C26H26NO/c1-15(2)11-18-12-20-9-10-27(5)26-24-17(4)23-16(3)7-6-8-19(23)14-22(24)28-21(13-18)25(20)26/h6-10,12-15H,11H2,1-5H3/q+1. The molecule has 1 aromatic heterocycles. The van der Waals surface area contributed by atoms with Gasteiger partial charge in [0, 0.05) is 6.07 Å². The maximum Gasteiger partial charge on any atom is 0.228 e. The molecule has 0 unspecified atom stereocenters. The quantitative estimate of drug-likeness (QED) is 0.328. The molecule has 28 heavy (non-hydrogen) atoms. The Bertz CT molecular complexity index is 1270. The summed E-state index contributed by atoms with van der Waals surface area (Å²) in [6.45, 7) is 8.95. The van der Waals surface area contributed by atoms with Crippen molar-refractivity contribution < 1.29 is 9.30 Å². The van der Waals surface area contributed by atoms with E-state index in [1.165, 1.54) is 49.5 Å². The second-order valence-electron chi connectivity index (χ2n) is 8.58. The molecule has 3 aromatic carbocycles. The van der Waals surface area contributed by atoms with Crippen molar-refractivity contribution in [3.8, 4) is 22.8 Å². The molecule has 0 amide bonds. The van der Waals surface area contributed by atoms with Crippen LogP contribution < -0.4 is 9.30 Å². The molecule has 0 saturated heterocycles. The zero-order valence-electron chi connectivity index (χ0n) is 17.3. The molecule has 5 rings (SSSR count). The van der Waals surface area contributed by atoms with Crippen LogP contribution in [-0.2, 0) is 13.5 Å². The van der Waals surface area contributed by atoms with E-state index in [0.29, 0.717) is 5.92 Å². The largest absolute Gasteiger partial charge is 0.456 e. The molecular weight excluding hydrogens is 342 g/mol. The zero-order chi connectivity index (χ0) is 19.6. The number of nitrogens with zero attached hydrogens (tertiary/aromatic N) is 1. The molecule has 0 spiro atoms. The van der Waals surface area contributed by atoms with Crippen molar-refractivity contribution in [1.82, 2.24) is 0 Å². The normalized spacial score (nSPS) is 12.5. The fourth-order valence-corrected chi connectivity index (χ4v) is 4.83. The average Bonchev–Trinajstić information content (AvgIpc) is 2.63. The van der Waals surface area contributed by atoms with Gasteiger partial charge in [-0.1, -0.05) is 38.1 Å². The van der Waals surface area contributed by atoms with Crippen molar-refractivity contribution in [2.75, 3.05) is 0 Å². The predicted octanol–water partition coefficient (Wildman–Crippen LogP) is 6.41. The Balaban J connectivity index is 1.89. The third-order valence-corrected chi connectivity index (χ3v) is 5.95. The van der Waals surface area contributed by atoms with E-state index >= 15 is 0 Å².